The van der Waals surface area contributed by atoms with Crippen LogP contribution >= 0.6 is 0 Å². The van der Waals surface area contributed by atoms with Gasteiger partial charge in [0.15, 0.2) is 0 Å². The Balaban J connectivity index is 1.65. The van der Waals surface area contributed by atoms with Crippen molar-refractivity contribution in [3.63, 3.8) is 0 Å². The third kappa shape index (κ3) is 6.72. The molecule has 206 valence electrons. The predicted octanol–water partition coefficient (Wildman–Crippen LogP) is 4.81. The first-order valence-corrected chi connectivity index (χ1v) is 13.8. The predicted molar refractivity (Wildman–Crippen MR) is 152 cm³/mol. The van der Waals surface area contributed by atoms with Crippen molar-refractivity contribution in [2.45, 2.75) is 85.0 Å². The molecule has 1 unspecified atom stereocenters. The summed E-state index contributed by atoms with van der Waals surface area (Å²) < 4.78 is 8.03. The molecule has 0 amide bonds. The zero-order valence-electron chi connectivity index (χ0n) is 23.9. The Morgan fingerprint density at radius 2 is 1.92 bits per heavy atom. The van der Waals surface area contributed by atoms with Gasteiger partial charge in [0, 0.05) is 29.9 Å². The SMILES string of the molecule is Cc1cc(-c2nc3cc(CNC(CC(C)C)C(=O)OC(C)(C)C)ccc3n2C2CCN(C)CC2)c[nH]c1=O. The van der Waals surface area contributed by atoms with Crippen LogP contribution in [0.1, 0.15) is 71.0 Å². The fraction of sp³-hybridized carbons (Fsp3) is 0.567. The Bertz CT molecular complexity index is 1330. The van der Waals surface area contributed by atoms with Gasteiger partial charge in [-0.15, -0.1) is 0 Å². The average molecular weight is 522 g/mol. The fourth-order valence-electron chi connectivity index (χ4n) is 5.16. The molecule has 2 N–H and O–H groups in total. The Morgan fingerprint density at radius 1 is 1.21 bits per heavy atom. The van der Waals surface area contributed by atoms with Gasteiger partial charge in [0.05, 0.1) is 11.0 Å². The van der Waals surface area contributed by atoms with Crippen LogP contribution < -0.4 is 10.9 Å². The molecule has 4 rings (SSSR count). The first-order chi connectivity index (χ1) is 17.9. The van der Waals surface area contributed by atoms with E-state index in [9.17, 15) is 9.59 Å². The average Bonchev–Trinajstić information content (AvgIpc) is 3.21. The molecule has 0 aliphatic carbocycles. The summed E-state index contributed by atoms with van der Waals surface area (Å²) in [6.45, 7) is 14.4. The van der Waals surface area contributed by atoms with E-state index >= 15 is 0 Å². The summed E-state index contributed by atoms with van der Waals surface area (Å²) in [7, 11) is 2.16. The van der Waals surface area contributed by atoms with Gasteiger partial charge in [-0.3, -0.25) is 9.59 Å². The molecule has 0 bridgehead atoms. The van der Waals surface area contributed by atoms with Crippen molar-refractivity contribution in [3.8, 4) is 11.4 Å². The summed E-state index contributed by atoms with van der Waals surface area (Å²) in [6, 6.07) is 8.26. The number of nitrogens with zero attached hydrogens (tertiary/aromatic N) is 3. The van der Waals surface area contributed by atoms with Crippen LogP contribution in [0.4, 0.5) is 0 Å². The number of ether oxygens (including phenoxy) is 1. The minimum atomic E-state index is -0.524. The van der Waals surface area contributed by atoms with E-state index in [2.05, 4.69) is 58.9 Å². The van der Waals surface area contributed by atoms with E-state index in [0.717, 1.165) is 53.9 Å². The van der Waals surface area contributed by atoms with Crippen LogP contribution in [0.15, 0.2) is 35.3 Å². The number of hydrogen-bond acceptors (Lipinski definition) is 6. The topological polar surface area (TPSA) is 92.2 Å². The number of nitrogens with one attached hydrogen (secondary N) is 2. The van der Waals surface area contributed by atoms with Crippen LogP contribution in [0.5, 0.6) is 0 Å². The third-order valence-electron chi connectivity index (χ3n) is 7.11. The van der Waals surface area contributed by atoms with E-state index in [1.165, 1.54) is 0 Å². The molecule has 1 aliphatic rings. The molecule has 0 spiro atoms. The Labute approximate surface area is 225 Å². The number of aromatic nitrogens is 3. The number of pyridine rings is 1. The van der Waals surface area contributed by atoms with Gasteiger partial charge in [0.25, 0.3) is 5.56 Å². The van der Waals surface area contributed by atoms with Crippen LogP contribution in [0.3, 0.4) is 0 Å². The van der Waals surface area contributed by atoms with Gasteiger partial charge in [-0.1, -0.05) is 19.9 Å². The van der Waals surface area contributed by atoms with Crippen molar-refractivity contribution in [2.75, 3.05) is 20.1 Å². The minimum absolute atomic E-state index is 0.0787. The highest BCUT2D eigenvalue weighted by Crippen LogP contribution is 2.33. The minimum Gasteiger partial charge on any atom is -0.459 e. The molecule has 3 aromatic rings. The number of aryl methyl sites for hydroxylation is 1. The van der Waals surface area contributed by atoms with Crippen molar-refractivity contribution in [3.05, 3.63) is 51.9 Å². The molecule has 38 heavy (non-hydrogen) atoms. The van der Waals surface area contributed by atoms with Crippen molar-refractivity contribution in [1.29, 1.82) is 0 Å². The number of rotatable bonds is 8. The second kappa shape index (κ2) is 11.4. The van der Waals surface area contributed by atoms with Gasteiger partial charge in [-0.2, -0.15) is 0 Å². The first kappa shape index (κ1) is 28.0. The number of fused-ring (bicyclic) bond motifs is 1. The smallest absolute Gasteiger partial charge is 0.323 e. The molecule has 8 heteroatoms. The van der Waals surface area contributed by atoms with Crippen LogP contribution in [0.2, 0.25) is 0 Å². The highest BCUT2D eigenvalue weighted by atomic mass is 16.6. The van der Waals surface area contributed by atoms with Crippen LogP contribution in [0.25, 0.3) is 22.4 Å². The molecule has 1 atom stereocenters. The number of piperidine rings is 1. The number of likely N-dealkylation sites (tertiary alicyclic amines) is 1. The number of H-pyrrole nitrogens is 1. The summed E-state index contributed by atoms with van der Waals surface area (Å²) in [5.41, 5.74) is 4.06. The highest BCUT2D eigenvalue weighted by molar-refractivity contribution is 5.81. The molecule has 2 aromatic heterocycles. The lowest BCUT2D eigenvalue weighted by atomic mass is 10.0. The van der Waals surface area contributed by atoms with Crippen molar-refractivity contribution < 1.29 is 9.53 Å². The van der Waals surface area contributed by atoms with Gasteiger partial charge in [-0.25, -0.2) is 4.98 Å². The Morgan fingerprint density at radius 3 is 2.55 bits per heavy atom. The van der Waals surface area contributed by atoms with Crippen LogP contribution in [-0.2, 0) is 16.1 Å². The normalized spacial score (nSPS) is 16.3. The number of hydrogen-bond donors (Lipinski definition) is 2. The Kier molecular flexibility index (Phi) is 8.43. The first-order valence-electron chi connectivity index (χ1n) is 13.8. The number of imidazole rings is 1. The number of esters is 1. The van der Waals surface area contributed by atoms with E-state index in [4.69, 9.17) is 9.72 Å². The summed E-state index contributed by atoms with van der Waals surface area (Å²) >= 11 is 0. The number of benzene rings is 1. The highest BCUT2D eigenvalue weighted by Gasteiger charge is 2.27. The molecular weight excluding hydrogens is 478 g/mol. The maximum Gasteiger partial charge on any atom is 0.323 e. The van der Waals surface area contributed by atoms with Crippen molar-refractivity contribution in [1.82, 2.24) is 24.8 Å². The lowest BCUT2D eigenvalue weighted by Crippen LogP contribution is -2.41. The zero-order valence-corrected chi connectivity index (χ0v) is 23.9. The van der Waals surface area contributed by atoms with Gasteiger partial charge in [-0.05, 0) is 96.8 Å². The summed E-state index contributed by atoms with van der Waals surface area (Å²) in [5, 5.41) is 3.44. The molecule has 8 nitrogen and oxygen atoms in total. The van der Waals surface area contributed by atoms with E-state index in [-0.39, 0.29) is 17.6 Å². The van der Waals surface area contributed by atoms with E-state index in [1.54, 1.807) is 6.20 Å². The quantitative estimate of drug-likeness (QED) is 0.413. The van der Waals surface area contributed by atoms with Gasteiger partial charge in [0.1, 0.15) is 17.5 Å². The third-order valence-corrected chi connectivity index (χ3v) is 7.11. The molecule has 1 saturated heterocycles. The van der Waals surface area contributed by atoms with E-state index < -0.39 is 5.60 Å². The molecule has 1 fully saturated rings. The van der Waals surface area contributed by atoms with Gasteiger partial charge >= 0.3 is 5.97 Å². The largest absolute Gasteiger partial charge is 0.459 e. The summed E-state index contributed by atoms with van der Waals surface area (Å²) in [4.78, 5) is 35.2. The monoisotopic (exact) mass is 521 g/mol. The van der Waals surface area contributed by atoms with Crippen molar-refractivity contribution >= 4 is 17.0 Å². The second-order valence-electron chi connectivity index (χ2n) is 12.2. The molecular formula is C30H43N5O3. The van der Waals surface area contributed by atoms with E-state index in [1.807, 2.05) is 33.8 Å². The second-order valence-corrected chi connectivity index (χ2v) is 12.2. The summed E-state index contributed by atoms with van der Waals surface area (Å²) in [5.74, 6) is 1.02. The Hall–Kier alpha value is -2.97. The zero-order chi connectivity index (χ0) is 27.6. The fourth-order valence-corrected chi connectivity index (χ4v) is 5.16. The standard InChI is InChI=1S/C30H43N5O3/c1-19(2)14-25(29(37)38-30(4,5)6)31-17-21-8-9-26-24(16-21)33-27(22-15-20(3)28(36)32-18-22)35(26)23-10-12-34(7)13-11-23/h8-9,15-16,18-19,23,25,31H,10-14,17H2,1-7H3,(H,32,36). The number of carbonyl (C=O) groups excluding carboxylic acids is 1. The van der Waals surface area contributed by atoms with Gasteiger partial charge in [0.2, 0.25) is 0 Å². The molecule has 3 heterocycles. The van der Waals surface area contributed by atoms with Crippen LogP contribution in [0, 0.1) is 12.8 Å². The maximum atomic E-state index is 12.9. The number of carbonyl (C=O) groups is 1. The molecule has 0 radical (unpaired) electrons. The van der Waals surface area contributed by atoms with Crippen molar-refractivity contribution in [2.24, 2.45) is 5.92 Å². The molecule has 1 aliphatic heterocycles. The van der Waals surface area contributed by atoms with Gasteiger partial charge < -0.3 is 24.5 Å². The number of aromatic amines is 1. The van der Waals surface area contributed by atoms with E-state index in [0.29, 0.717) is 30.5 Å². The summed E-state index contributed by atoms with van der Waals surface area (Å²) in [6.07, 6.45) is 4.57. The van der Waals surface area contributed by atoms with Crippen LogP contribution in [-0.4, -0.2) is 57.2 Å². The molecule has 1 aromatic carbocycles. The molecule has 0 saturated carbocycles. The lowest BCUT2D eigenvalue weighted by Gasteiger charge is -2.31. The maximum absolute atomic E-state index is 12.9. The lowest BCUT2D eigenvalue weighted by molar-refractivity contribution is -0.158.